The van der Waals surface area contributed by atoms with Gasteiger partial charge in [0, 0.05) is 18.4 Å². The minimum absolute atomic E-state index is 0.126. The highest BCUT2D eigenvalue weighted by atomic mass is 79.9. The third-order valence-electron chi connectivity index (χ3n) is 4.57. The molecule has 0 aromatic heterocycles. The second-order valence-corrected chi connectivity index (χ2v) is 7.02. The van der Waals surface area contributed by atoms with Gasteiger partial charge in [0.05, 0.1) is 21.3 Å². The molecule has 0 saturated carbocycles. The van der Waals surface area contributed by atoms with Crippen molar-refractivity contribution in [3.8, 4) is 17.2 Å². The van der Waals surface area contributed by atoms with Gasteiger partial charge >= 0.3 is 0 Å². The van der Waals surface area contributed by atoms with E-state index in [0.717, 1.165) is 0 Å². The number of methoxy groups -OCH3 is 3. The molecule has 1 aromatic carbocycles. The van der Waals surface area contributed by atoms with Crippen molar-refractivity contribution in [2.45, 2.75) is 18.9 Å². The van der Waals surface area contributed by atoms with E-state index in [9.17, 15) is 9.59 Å². The summed E-state index contributed by atoms with van der Waals surface area (Å²) in [7, 11) is 4.29. The molecule has 8 heteroatoms. The minimum Gasteiger partial charge on any atom is -0.496 e. The van der Waals surface area contributed by atoms with E-state index in [4.69, 9.17) is 30.5 Å². The summed E-state index contributed by atoms with van der Waals surface area (Å²) >= 11 is 9.77. The number of ketones is 2. The van der Waals surface area contributed by atoms with E-state index in [1.165, 1.54) is 27.4 Å². The van der Waals surface area contributed by atoms with Gasteiger partial charge in [-0.05, 0) is 15.9 Å². The quantitative estimate of drug-likeness (QED) is 0.729. The summed E-state index contributed by atoms with van der Waals surface area (Å²) < 4.78 is 22.5. The molecule has 1 spiro atoms. The molecule has 3 rings (SSSR count). The van der Waals surface area contributed by atoms with Crippen LogP contribution in [-0.2, 0) is 9.53 Å². The van der Waals surface area contributed by atoms with E-state index in [1.807, 2.05) is 0 Å². The molecule has 2 aliphatic rings. The lowest BCUT2D eigenvalue weighted by Gasteiger charge is -2.36. The Morgan fingerprint density at radius 3 is 2.40 bits per heavy atom. The Morgan fingerprint density at radius 1 is 1.20 bits per heavy atom. The van der Waals surface area contributed by atoms with Crippen LogP contribution in [0.15, 0.2) is 16.3 Å². The van der Waals surface area contributed by atoms with Gasteiger partial charge in [-0.3, -0.25) is 9.59 Å². The van der Waals surface area contributed by atoms with Crippen LogP contribution in [0.4, 0.5) is 0 Å². The zero-order chi connectivity index (χ0) is 18.5. The van der Waals surface area contributed by atoms with Crippen molar-refractivity contribution >= 4 is 39.1 Å². The number of halogens is 2. The normalized spacial score (nSPS) is 24.7. The van der Waals surface area contributed by atoms with Crippen molar-refractivity contribution in [3.63, 3.8) is 0 Å². The average molecular weight is 432 g/mol. The number of rotatable bonds is 3. The molecule has 0 radical (unpaired) electrons. The van der Waals surface area contributed by atoms with Crippen molar-refractivity contribution < 1.29 is 28.5 Å². The molecule has 134 valence electrons. The Balaban J connectivity index is 2.31. The number of benzene rings is 1. The zero-order valence-corrected chi connectivity index (χ0v) is 16.4. The summed E-state index contributed by atoms with van der Waals surface area (Å²) in [6.07, 6.45) is 1.46. The van der Waals surface area contributed by atoms with Crippen LogP contribution < -0.4 is 14.2 Å². The molecule has 2 unspecified atom stereocenters. The fraction of sp³-hybridized carbons (Fsp3) is 0.412. The van der Waals surface area contributed by atoms with Crippen molar-refractivity contribution in [2.75, 3.05) is 21.3 Å². The lowest BCUT2D eigenvalue weighted by molar-refractivity contribution is -0.118. The molecule has 1 heterocycles. The molecule has 25 heavy (non-hydrogen) atoms. The largest absolute Gasteiger partial charge is 0.496 e. The molecule has 0 fully saturated rings. The summed E-state index contributed by atoms with van der Waals surface area (Å²) in [6.45, 7) is 1.76. The van der Waals surface area contributed by atoms with E-state index < -0.39 is 11.5 Å². The summed E-state index contributed by atoms with van der Waals surface area (Å²) in [4.78, 5) is 25.3. The highest BCUT2D eigenvalue weighted by molar-refractivity contribution is 9.10. The molecule has 6 nitrogen and oxygen atoms in total. The van der Waals surface area contributed by atoms with Gasteiger partial charge in [0.1, 0.15) is 15.1 Å². The second-order valence-electron chi connectivity index (χ2n) is 5.85. The Morgan fingerprint density at radius 2 is 1.84 bits per heavy atom. The van der Waals surface area contributed by atoms with Crippen molar-refractivity contribution in [1.29, 1.82) is 0 Å². The molecule has 2 atom stereocenters. The zero-order valence-electron chi connectivity index (χ0n) is 14.1. The number of Topliss-reactive ketones (excluding diaryl/α,β-unsaturated/α-hetero) is 1. The van der Waals surface area contributed by atoms with Crippen LogP contribution in [-0.4, -0.2) is 38.5 Å². The SMILES string of the molecule is COC1=CC(=O)CC(C)C12Oc1c(Cl)c(OC)c(Br)c(OC)c1C2=O. The van der Waals surface area contributed by atoms with Crippen LogP contribution in [0.3, 0.4) is 0 Å². The van der Waals surface area contributed by atoms with Crippen LogP contribution in [0.2, 0.25) is 5.02 Å². The van der Waals surface area contributed by atoms with E-state index in [0.29, 0.717) is 10.2 Å². The molecule has 1 aliphatic carbocycles. The van der Waals surface area contributed by atoms with Gasteiger partial charge in [0.15, 0.2) is 28.8 Å². The third-order valence-corrected chi connectivity index (χ3v) is 5.63. The second kappa shape index (κ2) is 6.21. The summed E-state index contributed by atoms with van der Waals surface area (Å²) in [5, 5.41) is 0.148. The monoisotopic (exact) mass is 430 g/mol. The predicted molar refractivity (Wildman–Crippen MR) is 93.8 cm³/mol. The van der Waals surface area contributed by atoms with Gasteiger partial charge in [0.2, 0.25) is 11.4 Å². The van der Waals surface area contributed by atoms with E-state index in [1.54, 1.807) is 6.92 Å². The number of fused-ring (bicyclic) bond motifs is 1. The summed E-state index contributed by atoms with van der Waals surface area (Å²) in [6, 6.07) is 0. The first-order valence-corrected chi connectivity index (χ1v) is 8.66. The molecule has 1 aliphatic heterocycles. The Kier molecular flexibility index (Phi) is 4.49. The third kappa shape index (κ3) is 2.29. The van der Waals surface area contributed by atoms with Crippen LogP contribution in [0.5, 0.6) is 17.2 Å². The minimum atomic E-state index is -1.45. The Bertz CT molecular complexity index is 818. The number of carbonyl (C=O) groups is 2. The fourth-order valence-corrected chi connectivity index (χ4v) is 4.53. The number of hydrogen-bond acceptors (Lipinski definition) is 6. The van der Waals surface area contributed by atoms with Crippen LogP contribution >= 0.6 is 27.5 Å². The fourth-order valence-electron chi connectivity index (χ4n) is 3.39. The van der Waals surface area contributed by atoms with E-state index in [-0.39, 0.29) is 45.8 Å². The highest BCUT2D eigenvalue weighted by Gasteiger charge is 2.60. The number of allylic oxidation sites excluding steroid dienone is 1. The average Bonchev–Trinajstić information content (AvgIpc) is 2.87. The van der Waals surface area contributed by atoms with Crippen LogP contribution in [0, 0.1) is 5.92 Å². The maximum atomic E-state index is 13.4. The molecule has 0 saturated heterocycles. The summed E-state index contributed by atoms with van der Waals surface area (Å²) in [5.74, 6) is -0.0529. The predicted octanol–water partition coefficient (Wildman–Crippen LogP) is 3.57. The molecule has 0 bridgehead atoms. The lowest BCUT2D eigenvalue weighted by Crippen LogP contribution is -2.51. The molecule has 0 N–H and O–H groups in total. The van der Waals surface area contributed by atoms with Gasteiger partial charge in [-0.15, -0.1) is 0 Å². The number of ether oxygens (including phenoxy) is 4. The molecular weight excluding hydrogens is 416 g/mol. The van der Waals surface area contributed by atoms with Gasteiger partial charge in [-0.25, -0.2) is 0 Å². The van der Waals surface area contributed by atoms with Crippen molar-refractivity contribution in [2.24, 2.45) is 5.92 Å². The highest BCUT2D eigenvalue weighted by Crippen LogP contribution is 2.57. The van der Waals surface area contributed by atoms with Crippen molar-refractivity contribution in [3.05, 3.63) is 26.9 Å². The summed E-state index contributed by atoms with van der Waals surface area (Å²) in [5.41, 5.74) is -1.25. The van der Waals surface area contributed by atoms with Gasteiger partial charge in [-0.2, -0.15) is 0 Å². The smallest absolute Gasteiger partial charge is 0.231 e. The van der Waals surface area contributed by atoms with Crippen LogP contribution in [0.25, 0.3) is 0 Å². The molecule has 0 amide bonds. The molecule has 1 aromatic rings. The number of hydrogen-bond donors (Lipinski definition) is 0. The van der Waals surface area contributed by atoms with Crippen molar-refractivity contribution in [1.82, 2.24) is 0 Å². The molecular formula is C17H16BrClO6. The number of carbonyl (C=O) groups excluding carboxylic acids is 2. The first-order chi connectivity index (χ1) is 11.8. The maximum Gasteiger partial charge on any atom is 0.231 e. The van der Waals surface area contributed by atoms with E-state index >= 15 is 0 Å². The lowest BCUT2D eigenvalue weighted by atomic mass is 9.75. The van der Waals surface area contributed by atoms with Gasteiger partial charge in [0.25, 0.3) is 0 Å². The first kappa shape index (κ1) is 18.1. The van der Waals surface area contributed by atoms with Crippen LogP contribution in [0.1, 0.15) is 23.7 Å². The van der Waals surface area contributed by atoms with Gasteiger partial charge < -0.3 is 18.9 Å². The van der Waals surface area contributed by atoms with E-state index in [2.05, 4.69) is 15.9 Å². The maximum absolute atomic E-state index is 13.4. The first-order valence-electron chi connectivity index (χ1n) is 7.49. The topological polar surface area (TPSA) is 71.1 Å². The van der Waals surface area contributed by atoms with Gasteiger partial charge in [-0.1, -0.05) is 18.5 Å². The standard InChI is InChI=1S/C17H16BrClO6/c1-7-5-8(20)6-9(22-2)17(7)16(21)10-13(23-3)11(18)15(24-4)12(19)14(10)25-17/h6-7H,5H2,1-4H3. The Hall–Kier alpha value is -1.73. The Labute approximate surface area is 158 Å².